The summed E-state index contributed by atoms with van der Waals surface area (Å²) in [5.41, 5.74) is 0.898. The van der Waals surface area contributed by atoms with Crippen LogP contribution >= 0.6 is 11.6 Å². The lowest BCUT2D eigenvalue weighted by atomic mass is 10.1. The van der Waals surface area contributed by atoms with Crippen LogP contribution in [0.5, 0.6) is 0 Å². The third kappa shape index (κ3) is 1.68. The van der Waals surface area contributed by atoms with E-state index in [2.05, 4.69) is 4.98 Å². The maximum Gasteiger partial charge on any atom is 0.180 e. The number of furan rings is 1. The molecule has 5 heteroatoms. The van der Waals surface area contributed by atoms with Gasteiger partial charge in [0.15, 0.2) is 16.7 Å². The van der Waals surface area contributed by atoms with Crippen molar-refractivity contribution >= 4 is 11.6 Å². The number of hydrogen-bond donors (Lipinski definition) is 1. The minimum Gasteiger partial charge on any atom is -0.458 e. The Hall–Kier alpha value is -1.26. The van der Waals surface area contributed by atoms with E-state index in [1.54, 1.807) is 4.57 Å². The molecule has 2 aromatic heterocycles. The van der Waals surface area contributed by atoms with Crippen LogP contribution in [0.2, 0.25) is 5.15 Å². The Balaban J connectivity index is 2.18. The number of aliphatic hydroxyl groups excluding tert-OH is 1. The maximum atomic E-state index is 10.0. The van der Waals surface area contributed by atoms with Crippen LogP contribution < -0.4 is 0 Å². The van der Waals surface area contributed by atoms with Gasteiger partial charge in [0.25, 0.3) is 0 Å². The van der Waals surface area contributed by atoms with Crippen LogP contribution in [0.4, 0.5) is 0 Å². The lowest BCUT2D eigenvalue weighted by Crippen LogP contribution is -2.17. The quantitative estimate of drug-likeness (QED) is 0.849. The predicted molar refractivity (Wildman–Crippen MR) is 63.9 cm³/mol. The highest BCUT2D eigenvalue weighted by atomic mass is 35.5. The van der Waals surface area contributed by atoms with Gasteiger partial charge in [-0.1, -0.05) is 11.6 Å². The Morgan fingerprint density at radius 3 is 3.06 bits per heavy atom. The molecule has 0 saturated heterocycles. The van der Waals surface area contributed by atoms with E-state index in [0.717, 1.165) is 30.7 Å². The van der Waals surface area contributed by atoms with Crippen molar-refractivity contribution in [3.63, 3.8) is 0 Å². The largest absolute Gasteiger partial charge is 0.458 e. The molecule has 0 fully saturated rings. The third-order valence-corrected chi connectivity index (χ3v) is 3.40. The molecule has 0 bridgehead atoms. The number of fused-ring (bicyclic) bond motifs is 1. The average molecular weight is 253 g/mol. The van der Waals surface area contributed by atoms with Gasteiger partial charge in [0.2, 0.25) is 0 Å². The topological polar surface area (TPSA) is 51.2 Å². The smallest absolute Gasteiger partial charge is 0.180 e. The lowest BCUT2D eigenvalue weighted by molar-refractivity contribution is 0.0802. The molecule has 0 amide bonds. The van der Waals surface area contributed by atoms with Crippen LogP contribution in [-0.2, 0) is 6.42 Å². The molecule has 90 valence electrons. The Morgan fingerprint density at radius 1 is 1.53 bits per heavy atom. The van der Waals surface area contributed by atoms with Crippen LogP contribution in [-0.4, -0.2) is 14.7 Å². The van der Waals surface area contributed by atoms with Crippen LogP contribution in [0.15, 0.2) is 16.5 Å². The van der Waals surface area contributed by atoms with E-state index in [1.807, 2.05) is 19.1 Å². The van der Waals surface area contributed by atoms with Crippen molar-refractivity contribution in [2.45, 2.75) is 32.4 Å². The van der Waals surface area contributed by atoms with Gasteiger partial charge in [-0.25, -0.2) is 4.98 Å². The molecule has 1 N–H and O–H groups in total. The standard InChI is InChI=1S/C12H13ClN2O2/c1-7-5-6-9(17-7)12-14-11(13)8-3-2-4-10(16)15(8)12/h5-6,10,16H,2-4H2,1H3. The van der Waals surface area contributed by atoms with E-state index in [-0.39, 0.29) is 0 Å². The SMILES string of the molecule is Cc1ccc(-c2nc(Cl)c3n2C(O)CCC3)o1. The van der Waals surface area contributed by atoms with Crippen LogP contribution in [0, 0.1) is 6.92 Å². The van der Waals surface area contributed by atoms with Crippen LogP contribution in [0.1, 0.15) is 30.5 Å². The molecule has 0 saturated carbocycles. The minimum atomic E-state index is -0.556. The summed E-state index contributed by atoms with van der Waals surface area (Å²) in [5, 5.41) is 10.5. The number of nitrogens with zero attached hydrogens (tertiary/aromatic N) is 2. The van der Waals surface area contributed by atoms with Crippen molar-refractivity contribution in [3.8, 4) is 11.6 Å². The Kier molecular flexibility index (Phi) is 2.49. The summed E-state index contributed by atoms with van der Waals surface area (Å²) in [4.78, 5) is 4.30. The second kappa shape index (κ2) is 3.89. The van der Waals surface area contributed by atoms with Gasteiger partial charge in [-0.05, 0) is 38.3 Å². The first-order valence-electron chi connectivity index (χ1n) is 5.68. The van der Waals surface area contributed by atoms with E-state index in [1.165, 1.54) is 0 Å². The molecule has 0 aromatic carbocycles. The van der Waals surface area contributed by atoms with Gasteiger partial charge in [0, 0.05) is 0 Å². The average Bonchev–Trinajstić information content (AvgIpc) is 2.85. The van der Waals surface area contributed by atoms with Crippen LogP contribution in [0.25, 0.3) is 11.6 Å². The van der Waals surface area contributed by atoms with Gasteiger partial charge in [0.1, 0.15) is 12.0 Å². The first kappa shape index (κ1) is 10.9. The second-order valence-corrected chi connectivity index (χ2v) is 4.68. The summed E-state index contributed by atoms with van der Waals surface area (Å²) in [6, 6.07) is 3.72. The summed E-state index contributed by atoms with van der Waals surface area (Å²) in [7, 11) is 0. The molecule has 0 spiro atoms. The van der Waals surface area contributed by atoms with Gasteiger partial charge < -0.3 is 9.52 Å². The number of hydrogen-bond acceptors (Lipinski definition) is 3. The Bertz CT molecular complexity index is 559. The van der Waals surface area contributed by atoms with Crippen molar-refractivity contribution in [1.29, 1.82) is 0 Å². The van der Waals surface area contributed by atoms with Gasteiger partial charge in [-0.15, -0.1) is 0 Å². The van der Waals surface area contributed by atoms with Gasteiger partial charge in [-0.3, -0.25) is 4.57 Å². The molecule has 1 aliphatic rings. The first-order chi connectivity index (χ1) is 8.16. The number of rotatable bonds is 1. The second-order valence-electron chi connectivity index (χ2n) is 4.33. The summed E-state index contributed by atoms with van der Waals surface area (Å²) in [6.45, 7) is 1.88. The minimum absolute atomic E-state index is 0.466. The molecular formula is C12H13ClN2O2. The van der Waals surface area contributed by atoms with Crippen molar-refractivity contribution in [2.24, 2.45) is 0 Å². The third-order valence-electron chi connectivity index (χ3n) is 3.10. The highest BCUT2D eigenvalue weighted by molar-refractivity contribution is 6.30. The zero-order valence-corrected chi connectivity index (χ0v) is 10.2. The van der Waals surface area contributed by atoms with Crippen molar-refractivity contribution in [1.82, 2.24) is 9.55 Å². The van der Waals surface area contributed by atoms with Crippen LogP contribution in [0.3, 0.4) is 0 Å². The predicted octanol–water partition coefficient (Wildman–Crippen LogP) is 2.93. The Labute approximate surface area is 104 Å². The highest BCUT2D eigenvalue weighted by Gasteiger charge is 2.26. The summed E-state index contributed by atoms with van der Waals surface area (Å²) < 4.78 is 7.33. The van der Waals surface area contributed by atoms with Gasteiger partial charge in [-0.2, -0.15) is 0 Å². The number of halogens is 1. The van der Waals surface area contributed by atoms with Crippen molar-refractivity contribution in [2.75, 3.05) is 0 Å². The fourth-order valence-electron chi connectivity index (χ4n) is 2.29. The monoisotopic (exact) mass is 252 g/mol. The zero-order chi connectivity index (χ0) is 12.0. The Morgan fingerprint density at radius 2 is 2.35 bits per heavy atom. The van der Waals surface area contributed by atoms with Gasteiger partial charge >= 0.3 is 0 Å². The van der Waals surface area contributed by atoms with Crippen molar-refractivity contribution < 1.29 is 9.52 Å². The number of aliphatic hydroxyl groups is 1. The number of aryl methyl sites for hydroxylation is 1. The fourth-order valence-corrected chi connectivity index (χ4v) is 2.56. The molecule has 4 nitrogen and oxygen atoms in total. The maximum absolute atomic E-state index is 10.0. The van der Waals surface area contributed by atoms with E-state index < -0.39 is 6.23 Å². The molecule has 1 atom stereocenters. The van der Waals surface area contributed by atoms with Crippen molar-refractivity contribution in [3.05, 3.63) is 28.7 Å². The van der Waals surface area contributed by atoms with E-state index in [9.17, 15) is 5.11 Å². The molecule has 1 unspecified atom stereocenters. The number of imidazole rings is 1. The molecule has 1 aliphatic heterocycles. The molecule has 2 aromatic rings. The zero-order valence-electron chi connectivity index (χ0n) is 9.48. The van der Waals surface area contributed by atoms with Gasteiger partial charge in [0.05, 0.1) is 5.69 Å². The molecule has 17 heavy (non-hydrogen) atoms. The fraction of sp³-hybridized carbons (Fsp3) is 0.417. The molecule has 0 aliphatic carbocycles. The molecular weight excluding hydrogens is 240 g/mol. The summed E-state index contributed by atoms with van der Waals surface area (Å²) >= 11 is 6.10. The molecule has 3 rings (SSSR count). The molecule has 3 heterocycles. The highest BCUT2D eigenvalue weighted by Crippen LogP contribution is 2.34. The normalized spacial score (nSPS) is 19.4. The molecule has 0 radical (unpaired) electrons. The summed E-state index contributed by atoms with van der Waals surface area (Å²) in [6.07, 6.45) is 1.96. The van der Waals surface area contributed by atoms with E-state index in [4.69, 9.17) is 16.0 Å². The first-order valence-corrected chi connectivity index (χ1v) is 6.06. The van der Waals surface area contributed by atoms with E-state index in [0.29, 0.717) is 16.7 Å². The summed E-state index contributed by atoms with van der Waals surface area (Å²) in [5.74, 6) is 2.08. The lowest BCUT2D eigenvalue weighted by Gasteiger charge is -2.22. The van der Waals surface area contributed by atoms with E-state index >= 15 is 0 Å². The number of aromatic nitrogens is 2.